The summed E-state index contributed by atoms with van der Waals surface area (Å²) in [4.78, 5) is 3.76. The van der Waals surface area contributed by atoms with Crippen LogP contribution in [0.2, 0.25) is 0 Å². The highest BCUT2D eigenvalue weighted by molar-refractivity contribution is 9.10. The van der Waals surface area contributed by atoms with Crippen molar-refractivity contribution >= 4 is 43.2 Å². The third kappa shape index (κ3) is 2.58. The van der Waals surface area contributed by atoms with Crippen LogP contribution in [0.15, 0.2) is 20.1 Å². The van der Waals surface area contributed by atoms with E-state index < -0.39 is 10.0 Å². The molecule has 0 spiro atoms. The van der Waals surface area contributed by atoms with Gasteiger partial charge in [-0.25, -0.2) is 18.2 Å². The van der Waals surface area contributed by atoms with Gasteiger partial charge in [0.2, 0.25) is 5.95 Å². The number of aromatic nitrogens is 3. The second-order valence-corrected chi connectivity index (χ2v) is 6.48. The van der Waals surface area contributed by atoms with Gasteiger partial charge in [-0.15, -0.1) is 16.4 Å². The van der Waals surface area contributed by atoms with Gasteiger partial charge in [0.15, 0.2) is 4.21 Å². The molecule has 0 fully saturated rings. The molecule has 0 bridgehead atoms. The van der Waals surface area contributed by atoms with E-state index in [1.165, 1.54) is 7.11 Å². The maximum Gasteiger partial charge on any atom is 0.336 e. The van der Waals surface area contributed by atoms with E-state index in [1.807, 2.05) is 0 Å². The van der Waals surface area contributed by atoms with Gasteiger partial charge in [0, 0.05) is 4.47 Å². The number of hydrogen-bond acceptors (Lipinski definition) is 6. The number of rotatable bonds is 4. The van der Waals surface area contributed by atoms with E-state index in [9.17, 15) is 8.42 Å². The van der Waals surface area contributed by atoms with Crippen molar-refractivity contribution in [2.45, 2.75) is 4.21 Å². The molecule has 0 amide bonds. The van der Waals surface area contributed by atoms with Gasteiger partial charge in [0.05, 0.1) is 7.11 Å². The normalized spacial score (nSPS) is 11.4. The summed E-state index contributed by atoms with van der Waals surface area (Å²) < 4.78 is 31.5. The van der Waals surface area contributed by atoms with E-state index in [-0.39, 0.29) is 16.2 Å². The number of anilines is 1. The molecule has 10 heteroatoms. The summed E-state index contributed by atoms with van der Waals surface area (Å²) in [6, 6.07) is 1.72. The van der Waals surface area contributed by atoms with Crippen LogP contribution in [0.1, 0.15) is 0 Å². The van der Waals surface area contributed by atoms with Crippen molar-refractivity contribution in [2.75, 3.05) is 11.8 Å². The molecule has 0 saturated carbocycles. The molecule has 2 N–H and O–H groups in total. The summed E-state index contributed by atoms with van der Waals surface area (Å²) >= 11 is 4.25. The number of nitrogens with one attached hydrogen (secondary N) is 2. The second-order valence-electron chi connectivity index (χ2n) is 2.83. The SMILES string of the molecule is COc1n[nH]c(NS(=O)(=O)c2sccc2Br)n1. The Labute approximate surface area is 109 Å². The zero-order valence-corrected chi connectivity index (χ0v) is 11.7. The van der Waals surface area contributed by atoms with Gasteiger partial charge in [-0.3, -0.25) is 0 Å². The third-order valence-corrected chi connectivity index (χ3v) is 5.72. The molecule has 2 heterocycles. The maximum absolute atomic E-state index is 11.9. The lowest BCUT2D eigenvalue weighted by atomic mass is 10.7. The molecule has 17 heavy (non-hydrogen) atoms. The highest BCUT2D eigenvalue weighted by atomic mass is 79.9. The highest BCUT2D eigenvalue weighted by Crippen LogP contribution is 2.28. The summed E-state index contributed by atoms with van der Waals surface area (Å²) in [5.41, 5.74) is 0. The van der Waals surface area contributed by atoms with Crippen LogP contribution in [-0.4, -0.2) is 30.7 Å². The average Bonchev–Trinajstić information content (AvgIpc) is 2.86. The fraction of sp³-hybridized carbons (Fsp3) is 0.143. The van der Waals surface area contributed by atoms with Crippen LogP contribution in [0.3, 0.4) is 0 Å². The quantitative estimate of drug-likeness (QED) is 0.879. The molecule has 92 valence electrons. The Hall–Kier alpha value is -1.13. The van der Waals surface area contributed by atoms with Crippen molar-refractivity contribution < 1.29 is 13.2 Å². The molecule has 2 rings (SSSR count). The molecule has 0 unspecified atom stereocenters. The number of hydrogen-bond donors (Lipinski definition) is 2. The molecule has 0 atom stereocenters. The monoisotopic (exact) mass is 338 g/mol. The summed E-state index contributed by atoms with van der Waals surface area (Å²) in [6.45, 7) is 0. The molecule has 7 nitrogen and oxygen atoms in total. The predicted octanol–water partition coefficient (Wildman–Crippen LogP) is 1.44. The zero-order valence-electron chi connectivity index (χ0n) is 8.47. The first-order valence-electron chi connectivity index (χ1n) is 4.25. The number of halogens is 1. The first kappa shape index (κ1) is 12.3. The minimum absolute atomic E-state index is 0.00199. The van der Waals surface area contributed by atoms with E-state index in [0.717, 1.165) is 11.3 Å². The van der Waals surface area contributed by atoms with E-state index >= 15 is 0 Å². The van der Waals surface area contributed by atoms with E-state index in [4.69, 9.17) is 4.74 Å². The number of methoxy groups -OCH3 is 1. The van der Waals surface area contributed by atoms with Gasteiger partial charge >= 0.3 is 6.01 Å². The fourth-order valence-electron chi connectivity index (χ4n) is 1.03. The Morgan fingerprint density at radius 3 is 2.88 bits per heavy atom. The van der Waals surface area contributed by atoms with E-state index in [1.54, 1.807) is 11.4 Å². The smallest absolute Gasteiger partial charge is 0.336 e. The number of ether oxygens (including phenoxy) is 1. The van der Waals surface area contributed by atoms with Crippen LogP contribution in [-0.2, 0) is 10.0 Å². The van der Waals surface area contributed by atoms with Gasteiger partial charge < -0.3 is 4.74 Å². The van der Waals surface area contributed by atoms with Crippen molar-refractivity contribution in [1.29, 1.82) is 0 Å². The molecule has 0 saturated heterocycles. The zero-order chi connectivity index (χ0) is 12.5. The molecule has 2 aromatic rings. The Balaban J connectivity index is 2.26. The topological polar surface area (TPSA) is 97.0 Å². The van der Waals surface area contributed by atoms with Gasteiger partial charge in [0.1, 0.15) is 0 Å². The molecule has 0 aliphatic rings. The lowest BCUT2D eigenvalue weighted by molar-refractivity contribution is 0.382. The minimum atomic E-state index is -3.66. The highest BCUT2D eigenvalue weighted by Gasteiger charge is 2.20. The maximum atomic E-state index is 11.9. The average molecular weight is 339 g/mol. The molecular weight excluding hydrogens is 332 g/mol. The van der Waals surface area contributed by atoms with Crippen LogP contribution in [0.4, 0.5) is 5.95 Å². The molecular formula is C7H7BrN4O3S2. The van der Waals surface area contributed by atoms with Gasteiger partial charge in [-0.2, -0.15) is 4.98 Å². The van der Waals surface area contributed by atoms with Crippen LogP contribution >= 0.6 is 27.3 Å². The molecule has 0 aromatic carbocycles. The van der Waals surface area contributed by atoms with Crippen molar-refractivity contribution in [1.82, 2.24) is 15.2 Å². The Bertz CT molecular complexity index is 621. The fourth-order valence-corrected chi connectivity index (χ4v) is 4.33. The largest absolute Gasteiger partial charge is 0.466 e. The van der Waals surface area contributed by atoms with E-state index in [2.05, 4.69) is 35.8 Å². The van der Waals surface area contributed by atoms with Gasteiger partial charge in [-0.1, -0.05) is 0 Å². The number of sulfonamides is 1. The summed E-state index contributed by atoms with van der Waals surface area (Å²) in [5.74, 6) is 0.00199. The lowest BCUT2D eigenvalue weighted by Gasteiger charge is -2.02. The molecule has 0 radical (unpaired) electrons. The molecule has 0 aliphatic carbocycles. The van der Waals surface area contributed by atoms with Gasteiger partial charge in [0.25, 0.3) is 10.0 Å². The number of aromatic amines is 1. The summed E-state index contributed by atoms with van der Waals surface area (Å²) in [7, 11) is -2.28. The number of nitrogens with zero attached hydrogens (tertiary/aromatic N) is 2. The first-order valence-corrected chi connectivity index (χ1v) is 7.41. The van der Waals surface area contributed by atoms with Crippen molar-refractivity contribution in [3.8, 4) is 6.01 Å². The molecule has 2 aromatic heterocycles. The minimum Gasteiger partial charge on any atom is -0.466 e. The molecule has 0 aliphatic heterocycles. The van der Waals surface area contributed by atoms with Crippen LogP contribution in [0.25, 0.3) is 0 Å². The van der Waals surface area contributed by atoms with Gasteiger partial charge in [-0.05, 0) is 27.4 Å². The summed E-state index contributed by atoms with van der Waals surface area (Å²) in [6.07, 6.45) is 0. The lowest BCUT2D eigenvalue weighted by Crippen LogP contribution is -2.13. The Kier molecular flexibility index (Phi) is 3.35. The van der Waals surface area contributed by atoms with Crippen molar-refractivity contribution in [3.63, 3.8) is 0 Å². The van der Waals surface area contributed by atoms with Crippen LogP contribution < -0.4 is 9.46 Å². The van der Waals surface area contributed by atoms with E-state index in [0.29, 0.717) is 4.47 Å². The summed E-state index contributed by atoms with van der Waals surface area (Å²) in [5, 5.41) is 7.70. The number of H-pyrrole nitrogens is 1. The standard InChI is InChI=1S/C7H7BrN4O3S2/c1-15-7-9-6(10-11-7)12-17(13,14)5-4(8)2-3-16-5/h2-3H,1H3,(H2,9,10,11,12). The second kappa shape index (κ2) is 4.63. The Morgan fingerprint density at radius 1 is 1.59 bits per heavy atom. The van der Waals surface area contributed by atoms with Crippen LogP contribution in [0.5, 0.6) is 6.01 Å². The third-order valence-electron chi connectivity index (χ3n) is 1.71. The number of thiophene rings is 1. The first-order chi connectivity index (χ1) is 8.03. The van der Waals surface area contributed by atoms with Crippen molar-refractivity contribution in [2.24, 2.45) is 0 Å². The predicted molar refractivity (Wildman–Crippen MR) is 65.8 cm³/mol. The van der Waals surface area contributed by atoms with Crippen molar-refractivity contribution in [3.05, 3.63) is 15.9 Å². The van der Waals surface area contributed by atoms with Crippen LogP contribution in [0, 0.1) is 0 Å². The Morgan fingerprint density at radius 2 is 2.35 bits per heavy atom.